The number of carbonyl (C=O) groups is 1. The fourth-order valence-corrected chi connectivity index (χ4v) is 6.36. The molecule has 0 radical (unpaired) electrons. The molecule has 2 unspecified atom stereocenters. The number of hydrogen-bond acceptors (Lipinski definition) is 5. The van der Waals surface area contributed by atoms with Crippen LogP contribution in [0.3, 0.4) is 0 Å². The molecule has 5 nitrogen and oxygen atoms in total. The molecule has 0 saturated carbocycles. The smallest absolute Gasteiger partial charge is 0.228 e. The summed E-state index contributed by atoms with van der Waals surface area (Å²) in [5.41, 5.74) is 4.93. The van der Waals surface area contributed by atoms with Gasteiger partial charge in [0.05, 0.1) is 27.3 Å². The summed E-state index contributed by atoms with van der Waals surface area (Å²) in [4.78, 5) is 24.2. The highest BCUT2D eigenvalue weighted by Gasteiger charge is 2.44. The molecule has 3 aliphatic heterocycles. The molecule has 0 N–H and O–H groups in total. The van der Waals surface area contributed by atoms with Crippen LogP contribution in [0.15, 0.2) is 48.0 Å². The second kappa shape index (κ2) is 7.57. The van der Waals surface area contributed by atoms with Gasteiger partial charge >= 0.3 is 0 Å². The van der Waals surface area contributed by atoms with E-state index in [1.807, 2.05) is 28.6 Å². The molecule has 1 amide bonds. The van der Waals surface area contributed by atoms with Crippen molar-refractivity contribution in [1.82, 2.24) is 14.8 Å². The number of piperazine rings is 1. The van der Waals surface area contributed by atoms with Crippen LogP contribution in [0.25, 0.3) is 10.2 Å². The molecule has 2 bridgehead atoms. The Bertz CT molecular complexity index is 1110. The van der Waals surface area contributed by atoms with Crippen LogP contribution in [0.2, 0.25) is 0 Å². The number of amides is 1. The molecule has 31 heavy (non-hydrogen) atoms. The molecule has 3 aliphatic rings. The third kappa shape index (κ3) is 3.31. The summed E-state index contributed by atoms with van der Waals surface area (Å²) in [6, 6.07) is 13.7. The van der Waals surface area contributed by atoms with E-state index in [0.717, 1.165) is 38.0 Å². The van der Waals surface area contributed by atoms with Crippen molar-refractivity contribution in [2.24, 2.45) is 5.92 Å². The molecule has 0 spiro atoms. The number of benzene rings is 2. The zero-order valence-corrected chi connectivity index (χ0v) is 18.1. The number of thiazole rings is 1. The maximum atomic E-state index is 14.4. The average molecular weight is 437 g/mol. The molecule has 2 aromatic carbocycles. The predicted octanol–water partition coefficient (Wildman–Crippen LogP) is 3.75. The summed E-state index contributed by atoms with van der Waals surface area (Å²) < 4.78 is 15.6. The number of hydrogen-bond donors (Lipinski definition) is 0. The molecule has 4 heterocycles. The van der Waals surface area contributed by atoms with E-state index in [4.69, 9.17) is 0 Å². The molecule has 160 valence electrons. The molecule has 1 aromatic heterocycles. The summed E-state index contributed by atoms with van der Waals surface area (Å²) in [5.74, 6) is 0.196. The van der Waals surface area contributed by atoms with Crippen LogP contribution < -0.4 is 4.90 Å². The lowest BCUT2D eigenvalue weighted by molar-refractivity contribution is -0.142. The van der Waals surface area contributed by atoms with Crippen LogP contribution in [0.5, 0.6) is 0 Å². The fourth-order valence-electron chi connectivity index (χ4n) is 5.56. The van der Waals surface area contributed by atoms with Crippen LogP contribution in [0.4, 0.5) is 10.1 Å². The highest BCUT2D eigenvalue weighted by atomic mass is 32.1. The van der Waals surface area contributed by atoms with E-state index in [9.17, 15) is 9.18 Å². The van der Waals surface area contributed by atoms with Gasteiger partial charge in [0.1, 0.15) is 5.82 Å². The highest BCUT2D eigenvalue weighted by molar-refractivity contribution is 7.16. The highest BCUT2D eigenvalue weighted by Crippen LogP contribution is 2.37. The summed E-state index contributed by atoms with van der Waals surface area (Å²) in [6.45, 7) is 3.92. The number of likely N-dealkylation sites (tertiary alicyclic amines) is 2. The van der Waals surface area contributed by atoms with E-state index in [-0.39, 0.29) is 29.7 Å². The maximum Gasteiger partial charge on any atom is 0.228 e. The number of para-hydroxylation sites is 1. The first kappa shape index (κ1) is 19.2. The van der Waals surface area contributed by atoms with Crippen molar-refractivity contribution in [3.05, 3.63) is 59.4 Å². The van der Waals surface area contributed by atoms with Crippen molar-refractivity contribution in [2.45, 2.75) is 31.5 Å². The Hall–Kier alpha value is -2.51. The Balaban J connectivity index is 1.08. The monoisotopic (exact) mass is 436 g/mol. The van der Waals surface area contributed by atoms with Crippen molar-refractivity contribution in [3.63, 3.8) is 0 Å². The van der Waals surface area contributed by atoms with Gasteiger partial charge in [-0.1, -0.05) is 24.3 Å². The molecule has 2 atom stereocenters. The van der Waals surface area contributed by atoms with Crippen molar-refractivity contribution < 1.29 is 9.18 Å². The standard InChI is InChI=1S/C24H25FN4OS/c25-20-5-1-2-7-22(20)29-18-8-9-19(29)14-28(13-18)24(30)17-11-27(12-17)10-16-4-3-6-21-23(16)31-15-26-21/h1-7,15,17-19H,8-14H2. The fraction of sp³-hybridized carbons (Fsp3) is 0.417. The minimum Gasteiger partial charge on any atom is -0.360 e. The minimum atomic E-state index is -0.162. The summed E-state index contributed by atoms with van der Waals surface area (Å²) in [7, 11) is 0. The second-order valence-corrected chi connectivity index (χ2v) is 9.85. The normalized spacial score (nSPS) is 24.0. The van der Waals surface area contributed by atoms with Gasteiger partial charge in [-0.2, -0.15) is 0 Å². The molecule has 3 fully saturated rings. The summed E-state index contributed by atoms with van der Waals surface area (Å²) in [5, 5.41) is 0. The first-order valence-corrected chi connectivity index (χ1v) is 11.9. The van der Waals surface area contributed by atoms with Crippen LogP contribution in [-0.4, -0.2) is 59.0 Å². The van der Waals surface area contributed by atoms with Gasteiger partial charge in [0.25, 0.3) is 0 Å². The number of fused-ring (bicyclic) bond motifs is 3. The van der Waals surface area contributed by atoms with Gasteiger partial charge in [0.2, 0.25) is 5.91 Å². The van der Waals surface area contributed by atoms with Crippen molar-refractivity contribution in [3.8, 4) is 0 Å². The van der Waals surface area contributed by atoms with E-state index >= 15 is 0 Å². The van der Waals surface area contributed by atoms with E-state index in [0.29, 0.717) is 18.8 Å². The van der Waals surface area contributed by atoms with E-state index in [1.54, 1.807) is 17.4 Å². The largest absolute Gasteiger partial charge is 0.360 e. The second-order valence-electron chi connectivity index (χ2n) is 9.00. The number of aromatic nitrogens is 1. The number of nitrogens with zero attached hydrogens (tertiary/aromatic N) is 4. The van der Waals surface area contributed by atoms with Gasteiger partial charge in [0.15, 0.2) is 0 Å². The predicted molar refractivity (Wildman–Crippen MR) is 121 cm³/mol. The number of halogens is 1. The lowest BCUT2D eigenvalue weighted by atomic mass is 9.96. The molecule has 3 saturated heterocycles. The van der Waals surface area contributed by atoms with E-state index in [1.165, 1.54) is 16.3 Å². The molecule has 7 heteroatoms. The summed E-state index contributed by atoms with van der Waals surface area (Å²) in [6.07, 6.45) is 2.05. The quantitative estimate of drug-likeness (QED) is 0.625. The number of anilines is 1. The van der Waals surface area contributed by atoms with Crippen molar-refractivity contribution >= 4 is 33.1 Å². The Morgan fingerprint density at radius 3 is 2.58 bits per heavy atom. The Morgan fingerprint density at radius 2 is 1.81 bits per heavy atom. The van der Waals surface area contributed by atoms with Crippen molar-refractivity contribution in [2.75, 3.05) is 31.1 Å². The van der Waals surface area contributed by atoms with Crippen molar-refractivity contribution in [1.29, 1.82) is 0 Å². The Kier molecular flexibility index (Phi) is 4.69. The third-order valence-corrected chi connectivity index (χ3v) is 7.98. The number of rotatable bonds is 4. The number of carbonyl (C=O) groups excluding carboxylic acids is 1. The molecular weight excluding hydrogens is 411 g/mol. The zero-order valence-electron chi connectivity index (χ0n) is 17.3. The lowest BCUT2D eigenvalue weighted by Crippen LogP contribution is -2.60. The lowest BCUT2D eigenvalue weighted by Gasteiger charge is -2.46. The SMILES string of the molecule is O=C(C1CN(Cc2cccc3ncsc23)C1)N1CC2CCC(C1)N2c1ccccc1F. The van der Waals surface area contributed by atoms with Gasteiger partial charge in [-0.05, 0) is 36.6 Å². The van der Waals surface area contributed by atoms with Crippen LogP contribution >= 0.6 is 11.3 Å². The minimum absolute atomic E-state index is 0.0834. The molecule has 6 rings (SSSR count). The first-order valence-electron chi connectivity index (χ1n) is 11.0. The van der Waals surface area contributed by atoms with Gasteiger partial charge in [-0.15, -0.1) is 11.3 Å². The van der Waals surface area contributed by atoms with Gasteiger partial charge in [-0.25, -0.2) is 9.37 Å². The van der Waals surface area contributed by atoms with E-state index < -0.39 is 0 Å². The van der Waals surface area contributed by atoms with Gasteiger partial charge in [-0.3, -0.25) is 9.69 Å². The van der Waals surface area contributed by atoms with Crippen LogP contribution in [0, 0.1) is 11.7 Å². The van der Waals surface area contributed by atoms with Crippen LogP contribution in [0.1, 0.15) is 18.4 Å². The zero-order chi connectivity index (χ0) is 20.9. The maximum absolute atomic E-state index is 14.4. The molecular formula is C24H25FN4OS. The van der Waals surface area contributed by atoms with E-state index in [2.05, 4.69) is 26.9 Å². The third-order valence-electron chi connectivity index (χ3n) is 7.06. The van der Waals surface area contributed by atoms with Gasteiger partial charge < -0.3 is 9.80 Å². The summed E-state index contributed by atoms with van der Waals surface area (Å²) >= 11 is 1.68. The van der Waals surface area contributed by atoms with Crippen LogP contribution in [-0.2, 0) is 11.3 Å². The van der Waals surface area contributed by atoms with Gasteiger partial charge in [0, 0.05) is 44.8 Å². The first-order chi connectivity index (χ1) is 15.2. The topological polar surface area (TPSA) is 39.7 Å². The Morgan fingerprint density at radius 1 is 1.03 bits per heavy atom. The average Bonchev–Trinajstić information content (AvgIpc) is 3.32. The molecule has 3 aromatic rings. The Labute approximate surface area is 185 Å². The molecule has 0 aliphatic carbocycles.